The Labute approximate surface area is 234 Å². The lowest BCUT2D eigenvalue weighted by atomic mass is 10.1. The molecule has 2 aromatic carbocycles. The third-order valence-corrected chi connectivity index (χ3v) is 6.57. The second-order valence-corrected chi connectivity index (χ2v) is 9.44. The Morgan fingerprint density at radius 1 is 1.00 bits per heavy atom. The van der Waals surface area contributed by atoms with Gasteiger partial charge >= 0.3 is 12.1 Å². The number of carbonyl (C=O) groups is 1. The SMILES string of the molecule is N#Cc1cc(-c2ccnc(Nc3ccc(N4CCC(O)CC4)cc3)n2)cc(N2CCOCC2)c1.O=C(O)C(F)(F)F. The van der Waals surface area contributed by atoms with Crippen LogP contribution in [0.25, 0.3) is 11.3 Å². The molecule has 3 N–H and O–H groups in total. The Hall–Kier alpha value is -4.41. The summed E-state index contributed by atoms with van der Waals surface area (Å²) in [6.45, 7) is 4.72. The van der Waals surface area contributed by atoms with Crippen LogP contribution in [0, 0.1) is 11.3 Å². The highest BCUT2D eigenvalue weighted by Crippen LogP contribution is 2.28. The first kappa shape index (κ1) is 29.6. The number of nitrogens with zero attached hydrogens (tertiary/aromatic N) is 5. The minimum atomic E-state index is -5.08. The van der Waals surface area contributed by atoms with Crippen molar-refractivity contribution in [3.8, 4) is 17.3 Å². The van der Waals surface area contributed by atoms with Crippen LogP contribution in [0.5, 0.6) is 0 Å². The van der Waals surface area contributed by atoms with Crippen LogP contribution < -0.4 is 15.1 Å². The van der Waals surface area contributed by atoms with E-state index in [1.165, 1.54) is 0 Å². The molecule has 0 bridgehead atoms. The number of anilines is 4. The van der Waals surface area contributed by atoms with Gasteiger partial charge in [0.2, 0.25) is 5.95 Å². The number of nitriles is 1. The summed E-state index contributed by atoms with van der Waals surface area (Å²) in [6, 6.07) is 18.2. The van der Waals surface area contributed by atoms with E-state index in [2.05, 4.69) is 44.4 Å². The summed E-state index contributed by atoms with van der Waals surface area (Å²) >= 11 is 0. The quantitative estimate of drug-likeness (QED) is 0.410. The number of carboxylic acid groups (broad SMARTS) is 1. The highest BCUT2D eigenvalue weighted by Gasteiger charge is 2.38. The molecule has 0 amide bonds. The molecular formula is C28H29F3N6O4. The number of ether oxygens (including phenoxy) is 1. The number of halogens is 3. The third-order valence-electron chi connectivity index (χ3n) is 6.57. The Balaban J connectivity index is 0.000000493. The van der Waals surface area contributed by atoms with Gasteiger partial charge in [0, 0.05) is 55.0 Å². The van der Waals surface area contributed by atoms with E-state index in [4.69, 9.17) is 19.6 Å². The fourth-order valence-electron chi connectivity index (χ4n) is 4.42. The van der Waals surface area contributed by atoms with E-state index >= 15 is 0 Å². The lowest BCUT2D eigenvalue weighted by molar-refractivity contribution is -0.192. The molecular weight excluding hydrogens is 541 g/mol. The molecule has 13 heteroatoms. The van der Waals surface area contributed by atoms with E-state index in [1.807, 2.05) is 30.3 Å². The lowest BCUT2D eigenvalue weighted by Gasteiger charge is -2.31. The van der Waals surface area contributed by atoms with Crippen LogP contribution >= 0.6 is 0 Å². The lowest BCUT2D eigenvalue weighted by Crippen LogP contribution is -2.36. The molecule has 0 radical (unpaired) electrons. The van der Waals surface area contributed by atoms with Crippen LogP contribution in [0.15, 0.2) is 54.7 Å². The predicted octanol–water partition coefficient (Wildman–Crippen LogP) is 4.19. The van der Waals surface area contributed by atoms with E-state index in [9.17, 15) is 23.5 Å². The predicted molar refractivity (Wildman–Crippen MR) is 146 cm³/mol. The summed E-state index contributed by atoms with van der Waals surface area (Å²) in [4.78, 5) is 22.5. The van der Waals surface area contributed by atoms with Crippen LogP contribution in [0.4, 0.5) is 36.2 Å². The number of alkyl halides is 3. The van der Waals surface area contributed by atoms with Crippen LogP contribution in [-0.4, -0.2) is 77.8 Å². The molecule has 0 saturated carbocycles. The maximum absolute atomic E-state index is 10.6. The number of hydrogen-bond acceptors (Lipinski definition) is 9. The van der Waals surface area contributed by atoms with Gasteiger partial charge in [-0.1, -0.05) is 0 Å². The van der Waals surface area contributed by atoms with Gasteiger partial charge in [-0.3, -0.25) is 0 Å². The molecule has 3 aromatic rings. The first-order valence-electron chi connectivity index (χ1n) is 12.9. The number of morpholine rings is 1. The summed E-state index contributed by atoms with van der Waals surface area (Å²) < 4.78 is 37.2. The molecule has 0 atom stereocenters. The first-order chi connectivity index (χ1) is 19.6. The number of carboxylic acids is 1. The zero-order chi connectivity index (χ0) is 29.4. The number of hydrogen-bond donors (Lipinski definition) is 3. The fraction of sp³-hybridized carbons (Fsp3) is 0.357. The van der Waals surface area contributed by atoms with Crippen LogP contribution in [0.3, 0.4) is 0 Å². The maximum Gasteiger partial charge on any atom is 0.490 e. The van der Waals surface area contributed by atoms with Crippen molar-refractivity contribution in [1.29, 1.82) is 5.26 Å². The molecule has 2 aliphatic heterocycles. The van der Waals surface area contributed by atoms with Gasteiger partial charge in [0.25, 0.3) is 0 Å². The molecule has 0 unspecified atom stereocenters. The van der Waals surface area contributed by atoms with E-state index in [0.29, 0.717) is 24.7 Å². The topological polar surface area (TPSA) is 135 Å². The van der Waals surface area contributed by atoms with Gasteiger partial charge in [0.05, 0.1) is 36.6 Å². The van der Waals surface area contributed by atoms with Gasteiger partial charge in [-0.05, 0) is 61.4 Å². The zero-order valence-electron chi connectivity index (χ0n) is 22.0. The molecule has 41 heavy (non-hydrogen) atoms. The molecule has 0 spiro atoms. The van der Waals surface area contributed by atoms with Crippen LogP contribution in [0.1, 0.15) is 18.4 Å². The number of piperidine rings is 1. The minimum Gasteiger partial charge on any atom is -0.475 e. The van der Waals surface area contributed by atoms with Gasteiger partial charge in [-0.2, -0.15) is 18.4 Å². The molecule has 1 aromatic heterocycles. The Kier molecular flexibility index (Phi) is 9.59. The number of aromatic nitrogens is 2. The van der Waals surface area contributed by atoms with E-state index in [0.717, 1.165) is 67.3 Å². The summed E-state index contributed by atoms with van der Waals surface area (Å²) in [5.41, 5.74) is 5.30. The number of benzene rings is 2. The Bertz CT molecular complexity index is 1370. The van der Waals surface area contributed by atoms with Crippen molar-refractivity contribution in [3.05, 3.63) is 60.3 Å². The number of aliphatic hydroxyl groups excluding tert-OH is 1. The highest BCUT2D eigenvalue weighted by molar-refractivity contribution is 5.73. The van der Waals surface area contributed by atoms with Crippen molar-refractivity contribution < 1.29 is 32.9 Å². The second-order valence-electron chi connectivity index (χ2n) is 9.44. The molecule has 0 aliphatic carbocycles. The first-order valence-corrected chi connectivity index (χ1v) is 12.9. The van der Waals surface area contributed by atoms with Crippen LogP contribution in [0.2, 0.25) is 0 Å². The molecule has 2 saturated heterocycles. The monoisotopic (exact) mass is 570 g/mol. The molecule has 2 aliphatic rings. The van der Waals surface area contributed by atoms with Crippen molar-refractivity contribution in [2.75, 3.05) is 54.5 Å². The van der Waals surface area contributed by atoms with Crippen molar-refractivity contribution >= 4 is 29.0 Å². The molecule has 10 nitrogen and oxygen atoms in total. The normalized spacial score (nSPS) is 15.9. The minimum absolute atomic E-state index is 0.180. The van der Waals surface area contributed by atoms with Gasteiger partial charge in [0.15, 0.2) is 0 Å². The smallest absolute Gasteiger partial charge is 0.475 e. The number of nitrogens with one attached hydrogen (secondary N) is 1. The summed E-state index contributed by atoms with van der Waals surface area (Å²) in [7, 11) is 0. The average molecular weight is 571 g/mol. The fourth-order valence-corrected chi connectivity index (χ4v) is 4.42. The van der Waals surface area contributed by atoms with Crippen molar-refractivity contribution in [2.24, 2.45) is 0 Å². The number of aliphatic hydroxyl groups is 1. The largest absolute Gasteiger partial charge is 0.490 e. The molecule has 2 fully saturated rings. The Morgan fingerprint density at radius 3 is 2.24 bits per heavy atom. The third kappa shape index (κ3) is 8.29. The van der Waals surface area contributed by atoms with Gasteiger partial charge in [-0.25, -0.2) is 14.8 Å². The number of rotatable bonds is 5. The maximum atomic E-state index is 10.6. The summed E-state index contributed by atoms with van der Waals surface area (Å²) in [5, 5.41) is 29.7. The Morgan fingerprint density at radius 2 is 1.63 bits per heavy atom. The van der Waals surface area contributed by atoms with Crippen molar-refractivity contribution in [1.82, 2.24) is 9.97 Å². The van der Waals surface area contributed by atoms with E-state index < -0.39 is 12.1 Å². The van der Waals surface area contributed by atoms with Crippen LogP contribution in [-0.2, 0) is 9.53 Å². The zero-order valence-corrected chi connectivity index (χ0v) is 22.0. The molecule has 5 rings (SSSR count). The molecule has 216 valence electrons. The van der Waals surface area contributed by atoms with E-state index in [-0.39, 0.29) is 6.10 Å². The van der Waals surface area contributed by atoms with Gasteiger partial charge in [-0.15, -0.1) is 0 Å². The average Bonchev–Trinajstić information content (AvgIpc) is 2.98. The van der Waals surface area contributed by atoms with E-state index in [1.54, 1.807) is 6.20 Å². The number of aliphatic carboxylic acids is 1. The standard InChI is InChI=1S/C26H28N6O2.C2HF3O2/c27-18-19-15-20(17-23(16-19)32-11-13-34-14-12-32)25-5-8-28-26(30-25)29-21-1-3-22(4-2-21)31-9-6-24(33)7-10-31;3-2(4,5)1(6)7/h1-5,8,15-17,24,33H,6-7,9-14H2,(H,28,29,30);(H,6,7). The van der Waals surface area contributed by atoms with Crippen molar-refractivity contribution in [3.63, 3.8) is 0 Å². The molecule has 3 heterocycles. The summed E-state index contributed by atoms with van der Waals surface area (Å²) in [5.74, 6) is -2.26. The van der Waals surface area contributed by atoms with Gasteiger partial charge < -0.3 is 30.1 Å². The van der Waals surface area contributed by atoms with Crippen molar-refractivity contribution in [2.45, 2.75) is 25.1 Å². The highest BCUT2D eigenvalue weighted by atomic mass is 19.4. The second kappa shape index (κ2) is 13.3. The summed E-state index contributed by atoms with van der Waals surface area (Å²) in [6.07, 6.45) is -1.92. The van der Waals surface area contributed by atoms with Gasteiger partial charge in [0.1, 0.15) is 0 Å².